The molecule has 1 aromatic rings. The standard InChI is InChI=1S/C11H15N/c1-3-9-7-10-4-5-12-11(10)6-8(9)2/h6-7,12H,3-5H2,1-2H3. The summed E-state index contributed by atoms with van der Waals surface area (Å²) >= 11 is 0. The molecule has 12 heavy (non-hydrogen) atoms. The zero-order valence-corrected chi connectivity index (χ0v) is 7.78. The quantitative estimate of drug-likeness (QED) is 0.667. The van der Waals surface area contributed by atoms with E-state index in [1.807, 2.05) is 0 Å². The Kier molecular flexibility index (Phi) is 1.80. The molecule has 0 saturated carbocycles. The van der Waals surface area contributed by atoms with Crippen LogP contribution in [0.25, 0.3) is 0 Å². The third-order valence-corrected chi connectivity index (χ3v) is 2.65. The second-order valence-electron chi connectivity index (χ2n) is 3.47. The number of fused-ring (bicyclic) bond motifs is 1. The highest BCUT2D eigenvalue weighted by Gasteiger charge is 2.10. The lowest BCUT2D eigenvalue weighted by Gasteiger charge is -2.06. The monoisotopic (exact) mass is 161 g/mol. The van der Waals surface area contributed by atoms with Crippen molar-refractivity contribution in [3.05, 3.63) is 28.8 Å². The minimum atomic E-state index is 1.11. The average Bonchev–Trinajstić information content (AvgIpc) is 2.49. The lowest BCUT2D eigenvalue weighted by molar-refractivity contribution is 1.07. The second-order valence-corrected chi connectivity index (χ2v) is 3.47. The van der Waals surface area contributed by atoms with Crippen molar-refractivity contribution in [2.24, 2.45) is 0 Å². The maximum absolute atomic E-state index is 3.39. The van der Waals surface area contributed by atoms with Crippen LogP contribution in [0.5, 0.6) is 0 Å². The molecule has 1 aromatic carbocycles. The van der Waals surface area contributed by atoms with E-state index in [4.69, 9.17) is 0 Å². The molecule has 0 saturated heterocycles. The number of anilines is 1. The molecule has 2 rings (SSSR count). The topological polar surface area (TPSA) is 12.0 Å². The SMILES string of the molecule is CCc1cc2c(cc1C)NCC2. The van der Waals surface area contributed by atoms with Gasteiger partial charge in [-0.1, -0.05) is 13.0 Å². The highest BCUT2D eigenvalue weighted by atomic mass is 14.9. The molecule has 1 aliphatic heterocycles. The molecule has 64 valence electrons. The van der Waals surface area contributed by atoms with Crippen LogP contribution < -0.4 is 5.32 Å². The van der Waals surface area contributed by atoms with Gasteiger partial charge in [-0.3, -0.25) is 0 Å². The summed E-state index contributed by atoms with van der Waals surface area (Å²) in [6.07, 6.45) is 2.35. The van der Waals surface area contributed by atoms with Crippen LogP contribution in [0.3, 0.4) is 0 Å². The van der Waals surface area contributed by atoms with Crippen LogP contribution in [0.15, 0.2) is 12.1 Å². The first kappa shape index (κ1) is 7.66. The first-order valence-electron chi connectivity index (χ1n) is 4.67. The Morgan fingerprint density at radius 3 is 3.00 bits per heavy atom. The normalized spacial score (nSPS) is 14.2. The lowest BCUT2D eigenvalue weighted by Crippen LogP contribution is -1.92. The molecule has 0 fully saturated rings. The summed E-state index contributed by atoms with van der Waals surface area (Å²) < 4.78 is 0. The van der Waals surface area contributed by atoms with Crippen LogP contribution in [-0.4, -0.2) is 6.54 Å². The van der Waals surface area contributed by atoms with Gasteiger partial charge in [0.15, 0.2) is 0 Å². The van der Waals surface area contributed by atoms with Gasteiger partial charge >= 0.3 is 0 Å². The first-order chi connectivity index (χ1) is 5.81. The maximum Gasteiger partial charge on any atom is 0.0376 e. The molecule has 0 aliphatic carbocycles. The summed E-state index contributed by atoms with van der Waals surface area (Å²) in [5.74, 6) is 0. The number of rotatable bonds is 1. The summed E-state index contributed by atoms with van der Waals surface area (Å²) in [5, 5.41) is 3.39. The van der Waals surface area contributed by atoms with Gasteiger partial charge < -0.3 is 5.32 Å². The van der Waals surface area contributed by atoms with Crippen molar-refractivity contribution in [1.29, 1.82) is 0 Å². The van der Waals surface area contributed by atoms with Crippen molar-refractivity contribution in [3.8, 4) is 0 Å². The summed E-state index contributed by atoms with van der Waals surface area (Å²) in [5.41, 5.74) is 5.77. The van der Waals surface area contributed by atoms with Crippen molar-refractivity contribution in [3.63, 3.8) is 0 Å². The van der Waals surface area contributed by atoms with E-state index in [2.05, 4.69) is 31.3 Å². The Labute approximate surface area is 73.8 Å². The van der Waals surface area contributed by atoms with Gasteiger partial charge in [0.1, 0.15) is 0 Å². The van der Waals surface area contributed by atoms with E-state index >= 15 is 0 Å². The van der Waals surface area contributed by atoms with E-state index in [0.29, 0.717) is 0 Å². The van der Waals surface area contributed by atoms with Crippen molar-refractivity contribution in [1.82, 2.24) is 0 Å². The molecule has 0 spiro atoms. The molecule has 0 unspecified atom stereocenters. The molecule has 1 nitrogen and oxygen atoms in total. The van der Waals surface area contributed by atoms with Gasteiger partial charge in [-0.25, -0.2) is 0 Å². The van der Waals surface area contributed by atoms with Crippen molar-refractivity contribution < 1.29 is 0 Å². The molecule has 1 aliphatic rings. The summed E-state index contributed by atoms with van der Waals surface area (Å²) in [6, 6.07) is 4.63. The Morgan fingerprint density at radius 1 is 1.42 bits per heavy atom. The fourth-order valence-electron chi connectivity index (χ4n) is 1.89. The van der Waals surface area contributed by atoms with E-state index in [-0.39, 0.29) is 0 Å². The second kappa shape index (κ2) is 2.81. The van der Waals surface area contributed by atoms with Crippen LogP contribution in [0.2, 0.25) is 0 Å². The van der Waals surface area contributed by atoms with Gasteiger partial charge in [0.05, 0.1) is 0 Å². The van der Waals surface area contributed by atoms with Gasteiger partial charge in [-0.15, -0.1) is 0 Å². The van der Waals surface area contributed by atoms with Crippen LogP contribution in [0.1, 0.15) is 23.6 Å². The van der Waals surface area contributed by atoms with Crippen molar-refractivity contribution in [2.45, 2.75) is 26.7 Å². The molecule has 1 N–H and O–H groups in total. The van der Waals surface area contributed by atoms with Crippen LogP contribution in [0.4, 0.5) is 5.69 Å². The van der Waals surface area contributed by atoms with E-state index in [1.54, 1.807) is 0 Å². The van der Waals surface area contributed by atoms with Crippen LogP contribution in [-0.2, 0) is 12.8 Å². The maximum atomic E-state index is 3.39. The van der Waals surface area contributed by atoms with E-state index in [0.717, 1.165) is 13.0 Å². The highest BCUT2D eigenvalue weighted by molar-refractivity contribution is 5.58. The predicted molar refractivity (Wildman–Crippen MR) is 52.8 cm³/mol. The number of aryl methyl sites for hydroxylation is 2. The molecular formula is C11H15N. The fourth-order valence-corrected chi connectivity index (χ4v) is 1.89. The zero-order chi connectivity index (χ0) is 8.55. The molecular weight excluding hydrogens is 146 g/mol. The minimum Gasteiger partial charge on any atom is -0.384 e. The Hall–Kier alpha value is -0.980. The number of nitrogens with one attached hydrogen (secondary N) is 1. The number of hydrogen-bond donors (Lipinski definition) is 1. The van der Waals surface area contributed by atoms with Crippen LogP contribution >= 0.6 is 0 Å². The van der Waals surface area contributed by atoms with E-state index in [1.165, 1.54) is 28.8 Å². The Bertz CT molecular complexity index is 301. The molecule has 0 amide bonds. The van der Waals surface area contributed by atoms with Gasteiger partial charge in [0.25, 0.3) is 0 Å². The highest BCUT2D eigenvalue weighted by Crippen LogP contribution is 2.25. The average molecular weight is 161 g/mol. The molecule has 0 radical (unpaired) electrons. The molecule has 0 aromatic heterocycles. The lowest BCUT2D eigenvalue weighted by atomic mass is 10.0. The summed E-state index contributed by atoms with van der Waals surface area (Å²) in [7, 11) is 0. The predicted octanol–water partition coefficient (Wildman–Crippen LogP) is 2.53. The smallest absolute Gasteiger partial charge is 0.0376 e. The van der Waals surface area contributed by atoms with Crippen LogP contribution in [0, 0.1) is 6.92 Å². The molecule has 1 heterocycles. The Morgan fingerprint density at radius 2 is 2.25 bits per heavy atom. The van der Waals surface area contributed by atoms with Gasteiger partial charge in [0, 0.05) is 12.2 Å². The third-order valence-electron chi connectivity index (χ3n) is 2.65. The first-order valence-corrected chi connectivity index (χ1v) is 4.67. The molecule has 0 atom stereocenters. The number of benzene rings is 1. The van der Waals surface area contributed by atoms with Crippen molar-refractivity contribution >= 4 is 5.69 Å². The minimum absolute atomic E-state index is 1.11. The zero-order valence-electron chi connectivity index (χ0n) is 7.78. The van der Waals surface area contributed by atoms with E-state index < -0.39 is 0 Å². The summed E-state index contributed by atoms with van der Waals surface area (Å²) in [6.45, 7) is 5.53. The molecule has 1 heteroatoms. The van der Waals surface area contributed by atoms with Gasteiger partial charge in [-0.2, -0.15) is 0 Å². The van der Waals surface area contributed by atoms with E-state index in [9.17, 15) is 0 Å². The molecule has 0 bridgehead atoms. The Balaban J connectivity index is 2.49. The largest absolute Gasteiger partial charge is 0.384 e. The van der Waals surface area contributed by atoms with Gasteiger partial charge in [0.2, 0.25) is 0 Å². The fraction of sp³-hybridized carbons (Fsp3) is 0.455. The van der Waals surface area contributed by atoms with Gasteiger partial charge in [-0.05, 0) is 42.5 Å². The summed E-state index contributed by atoms with van der Waals surface area (Å²) in [4.78, 5) is 0. The number of hydrogen-bond acceptors (Lipinski definition) is 1. The van der Waals surface area contributed by atoms with Crippen molar-refractivity contribution in [2.75, 3.05) is 11.9 Å². The third kappa shape index (κ3) is 1.09.